The van der Waals surface area contributed by atoms with Gasteiger partial charge < -0.3 is 10.1 Å². The fraction of sp³-hybridized carbons (Fsp3) is 0.278. The standard InChI is InChI=1S/C18H21NO2S/c1-13-5-4-6-17(14(13)2)21-12-18(20)19-11-15-7-9-16(22-3)10-8-15/h4-10H,11-12H2,1-3H3,(H,19,20). The van der Waals surface area contributed by atoms with Crippen LogP contribution in [0.2, 0.25) is 0 Å². The summed E-state index contributed by atoms with van der Waals surface area (Å²) in [6.45, 7) is 4.58. The van der Waals surface area contributed by atoms with Crippen molar-refractivity contribution in [1.82, 2.24) is 5.32 Å². The van der Waals surface area contributed by atoms with Gasteiger partial charge in [-0.05, 0) is 55.0 Å². The van der Waals surface area contributed by atoms with E-state index in [0.29, 0.717) is 6.54 Å². The number of benzene rings is 2. The number of ether oxygens (including phenoxy) is 1. The van der Waals surface area contributed by atoms with E-state index < -0.39 is 0 Å². The quantitative estimate of drug-likeness (QED) is 0.826. The van der Waals surface area contributed by atoms with Gasteiger partial charge in [0.1, 0.15) is 5.75 Å². The van der Waals surface area contributed by atoms with Crippen molar-refractivity contribution in [3.8, 4) is 5.75 Å². The molecule has 0 unspecified atom stereocenters. The van der Waals surface area contributed by atoms with Gasteiger partial charge in [-0.1, -0.05) is 24.3 Å². The lowest BCUT2D eigenvalue weighted by molar-refractivity contribution is -0.123. The Labute approximate surface area is 136 Å². The van der Waals surface area contributed by atoms with Crippen molar-refractivity contribution in [3.05, 3.63) is 59.2 Å². The molecule has 0 fully saturated rings. The molecule has 2 aromatic rings. The zero-order chi connectivity index (χ0) is 15.9. The summed E-state index contributed by atoms with van der Waals surface area (Å²) in [5, 5.41) is 2.87. The number of hydrogen-bond donors (Lipinski definition) is 1. The molecule has 0 aromatic heterocycles. The first-order chi connectivity index (χ1) is 10.6. The fourth-order valence-corrected chi connectivity index (χ4v) is 2.43. The van der Waals surface area contributed by atoms with E-state index >= 15 is 0 Å². The number of hydrogen-bond acceptors (Lipinski definition) is 3. The van der Waals surface area contributed by atoms with Gasteiger partial charge >= 0.3 is 0 Å². The van der Waals surface area contributed by atoms with Crippen molar-refractivity contribution in [2.45, 2.75) is 25.3 Å². The number of thioether (sulfide) groups is 1. The number of amides is 1. The van der Waals surface area contributed by atoms with Crippen molar-refractivity contribution in [2.24, 2.45) is 0 Å². The van der Waals surface area contributed by atoms with Crippen LogP contribution >= 0.6 is 11.8 Å². The Morgan fingerprint density at radius 2 is 1.86 bits per heavy atom. The molecule has 0 aliphatic heterocycles. The van der Waals surface area contributed by atoms with E-state index in [1.54, 1.807) is 11.8 Å². The number of carbonyl (C=O) groups excluding carboxylic acids is 1. The Bertz CT molecular complexity index is 638. The Morgan fingerprint density at radius 1 is 1.14 bits per heavy atom. The van der Waals surface area contributed by atoms with Crippen LogP contribution in [0.3, 0.4) is 0 Å². The molecule has 1 amide bonds. The second kappa shape index (κ2) is 7.90. The van der Waals surface area contributed by atoms with Crippen LogP contribution in [0.4, 0.5) is 0 Å². The van der Waals surface area contributed by atoms with E-state index in [9.17, 15) is 4.79 Å². The Hall–Kier alpha value is -1.94. The van der Waals surface area contributed by atoms with Gasteiger partial charge in [0, 0.05) is 11.4 Å². The third-order valence-electron chi connectivity index (χ3n) is 3.56. The minimum atomic E-state index is -0.116. The lowest BCUT2D eigenvalue weighted by Gasteiger charge is -2.11. The van der Waals surface area contributed by atoms with E-state index in [0.717, 1.165) is 22.4 Å². The average molecular weight is 315 g/mol. The topological polar surface area (TPSA) is 38.3 Å². The van der Waals surface area contributed by atoms with Crippen LogP contribution in [-0.2, 0) is 11.3 Å². The summed E-state index contributed by atoms with van der Waals surface area (Å²) in [6.07, 6.45) is 2.04. The maximum absolute atomic E-state index is 11.9. The molecule has 0 aliphatic carbocycles. The van der Waals surface area contributed by atoms with Crippen molar-refractivity contribution in [1.29, 1.82) is 0 Å². The van der Waals surface area contributed by atoms with Crippen LogP contribution in [0.5, 0.6) is 5.75 Å². The molecule has 0 aliphatic rings. The van der Waals surface area contributed by atoms with Crippen molar-refractivity contribution in [2.75, 3.05) is 12.9 Å². The lowest BCUT2D eigenvalue weighted by atomic mass is 10.1. The summed E-state index contributed by atoms with van der Waals surface area (Å²) < 4.78 is 5.59. The predicted octanol–water partition coefficient (Wildman–Crippen LogP) is 3.72. The zero-order valence-electron chi connectivity index (χ0n) is 13.2. The maximum Gasteiger partial charge on any atom is 0.258 e. The second-order valence-corrected chi connectivity index (χ2v) is 5.99. The minimum absolute atomic E-state index is 0.0349. The molecular weight excluding hydrogens is 294 g/mol. The van der Waals surface area contributed by atoms with Crippen molar-refractivity contribution in [3.63, 3.8) is 0 Å². The number of nitrogens with one attached hydrogen (secondary N) is 1. The van der Waals surface area contributed by atoms with E-state index in [2.05, 4.69) is 17.4 Å². The van der Waals surface area contributed by atoms with Crippen LogP contribution in [0.1, 0.15) is 16.7 Å². The lowest BCUT2D eigenvalue weighted by Crippen LogP contribution is -2.28. The highest BCUT2D eigenvalue weighted by Crippen LogP contribution is 2.20. The Balaban J connectivity index is 1.81. The number of aryl methyl sites for hydroxylation is 1. The van der Waals surface area contributed by atoms with Crippen molar-refractivity contribution < 1.29 is 9.53 Å². The summed E-state index contributed by atoms with van der Waals surface area (Å²) in [4.78, 5) is 13.1. The number of carbonyl (C=O) groups is 1. The molecule has 0 atom stereocenters. The highest BCUT2D eigenvalue weighted by atomic mass is 32.2. The second-order valence-electron chi connectivity index (χ2n) is 5.11. The molecule has 0 saturated heterocycles. The Morgan fingerprint density at radius 3 is 2.55 bits per heavy atom. The summed E-state index contributed by atoms with van der Waals surface area (Å²) in [6, 6.07) is 14.0. The van der Waals surface area contributed by atoms with E-state index in [1.807, 2.05) is 50.4 Å². The monoisotopic (exact) mass is 315 g/mol. The minimum Gasteiger partial charge on any atom is -0.483 e. The Kier molecular flexibility index (Phi) is 5.90. The molecule has 0 radical (unpaired) electrons. The molecule has 0 bridgehead atoms. The summed E-state index contributed by atoms with van der Waals surface area (Å²) in [5.74, 6) is 0.648. The summed E-state index contributed by atoms with van der Waals surface area (Å²) in [7, 11) is 0. The molecule has 1 N–H and O–H groups in total. The van der Waals surface area contributed by atoms with Crippen LogP contribution in [-0.4, -0.2) is 18.8 Å². The van der Waals surface area contributed by atoms with Crippen LogP contribution in [0.15, 0.2) is 47.4 Å². The molecule has 0 saturated carbocycles. The third-order valence-corrected chi connectivity index (χ3v) is 4.31. The molecule has 0 spiro atoms. The average Bonchev–Trinajstić information content (AvgIpc) is 2.54. The largest absolute Gasteiger partial charge is 0.483 e. The zero-order valence-corrected chi connectivity index (χ0v) is 14.0. The first-order valence-corrected chi connectivity index (χ1v) is 8.41. The maximum atomic E-state index is 11.9. The SMILES string of the molecule is CSc1ccc(CNC(=O)COc2cccc(C)c2C)cc1. The van der Waals surface area contributed by atoms with Crippen LogP contribution in [0, 0.1) is 13.8 Å². The molecular formula is C18H21NO2S. The molecule has 116 valence electrons. The van der Waals surface area contributed by atoms with Gasteiger partial charge in [0.05, 0.1) is 0 Å². The van der Waals surface area contributed by atoms with Crippen molar-refractivity contribution >= 4 is 17.7 Å². The molecule has 2 rings (SSSR count). The van der Waals surface area contributed by atoms with Gasteiger partial charge in [-0.15, -0.1) is 11.8 Å². The highest BCUT2D eigenvalue weighted by molar-refractivity contribution is 7.98. The van der Waals surface area contributed by atoms with Gasteiger partial charge in [0.2, 0.25) is 0 Å². The fourth-order valence-electron chi connectivity index (χ4n) is 2.02. The van der Waals surface area contributed by atoms with E-state index in [1.165, 1.54) is 4.90 Å². The molecule has 0 heterocycles. The molecule has 3 nitrogen and oxygen atoms in total. The molecule has 2 aromatic carbocycles. The van der Waals surface area contributed by atoms with Gasteiger partial charge in [-0.3, -0.25) is 4.79 Å². The normalized spacial score (nSPS) is 10.3. The van der Waals surface area contributed by atoms with Crippen LogP contribution in [0.25, 0.3) is 0 Å². The van der Waals surface area contributed by atoms with Gasteiger partial charge in [-0.25, -0.2) is 0 Å². The summed E-state index contributed by atoms with van der Waals surface area (Å²) >= 11 is 1.70. The van der Waals surface area contributed by atoms with E-state index in [-0.39, 0.29) is 12.5 Å². The van der Waals surface area contributed by atoms with Gasteiger partial charge in [0.15, 0.2) is 6.61 Å². The third kappa shape index (κ3) is 4.53. The van der Waals surface area contributed by atoms with Gasteiger partial charge in [-0.2, -0.15) is 0 Å². The smallest absolute Gasteiger partial charge is 0.258 e. The molecule has 4 heteroatoms. The number of rotatable bonds is 6. The summed E-state index contributed by atoms with van der Waals surface area (Å²) in [5.41, 5.74) is 3.31. The van der Waals surface area contributed by atoms with E-state index in [4.69, 9.17) is 4.74 Å². The van der Waals surface area contributed by atoms with Gasteiger partial charge in [0.25, 0.3) is 5.91 Å². The predicted molar refractivity (Wildman–Crippen MR) is 91.5 cm³/mol. The highest BCUT2D eigenvalue weighted by Gasteiger charge is 2.06. The first-order valence-electron chi connectivity index (χ1n) is 7.19. The van der Waals surface area contributed by atoms with Crippen LogP contribution < -0.4 is 10.1 Å². The molecule has 22 heavy (non-hydrogen) atoms. The first kappa shape index (κ1) is 16.4.